The Kier molecular flexibility index (Phi) is 4.73. The Morgan fingerprint density at radius 2 is 2.33 bits per heavy atom. The summed E-state index contributed by atoms with van der Waals surface area (Å²) in [5, 5.41) is 1.88. The summed E-state index contributed by atoms with van der Waals surface area (Å²) in [6, 6.07) is 3.71. The first-order chi connectivity index (χ1) is 10.1. The van der Waals surface area contributed by atoms with Crippen molar-refractivity contribution in [2.75, 3.05) is 6.61 Å². The van der Waals surface area contributed by atoms with E-state index in [-0.39, 0.29) is 31.1 Å². The lowest BCUT2D eigenvalue weighted by Gasteiger charge is -2.14. The Bertz CT molecular complexity index is 614. The molecule has 1 aromatic rings. The van der Waals surface area contributed by atoms with Crippen LogP contribution in [-0.2, 0) is 25.7 Å². The molecule has 6 heteroatoms. The van der Waals surface area contributed by atoms with Crippen LogP contribution < -0.4 is 0 Å². The lowest BCUT2D eigenvalue weighted by atomic mass is 9.98. The molecule has 0 radical (unpaired) electrons. The number of nitrogens with zero attached hydrogens (tertiary/aromatic N) is 1. The van der Waals surface area contributed by atoms with Gasteiger partial charge in [-0.05, 0) is 18.4 Å². The molecule has 2 amide bonds. The topological polar surface area (TPSA) is 63.7 Å². The van der Waals surface area contributed by atoms with E-state index in [4.69, 9.17) is 4.74 Å². The monoisotopic (exact) mass is 305 g/mol. The molecule has 110 valence electrons. The first kappa shape index (κ1) is 15.2. The molecule has 1 fully saturated rings. The van der Waals surface area contributed by atoms with E-state index in [1.165, 1.54) is 16.2 Å². The Morgan fingerprint density at radius 1 is 1.57 bits per heavy atom. The minimum absolute atomic E-state index is 0.0314. The zero-order valence-electron chi connectivity index (χ0n) is 11.6. The predicted molar refractivity (Wildman–Crippen MR) is 77.3 cm³/mol. The number of likely N-dealkylation sites (tertiary alicyclic amines) is 1. The van der Waals surface area contributed by atoms with Gasteiger partial charge in [-0.1, -0.05) is 12.6 Å². The first-order valence-corrected chi connectivity index (χ1v) is 7.40. The Morgan fingerprint density at radius 3 is 2.90 bits per heavy atom. The number of hydrogen-bond donors (Lipinski definition) is 0. The fraction of sp³-hybridized carbons (Fsp3) is 0.333. The Balaban J connectivity index is 2.17. The molecule has 2 rings (SSSR count). The van der Waals surface area contributed by atoms with Crippen molar-refractivity contribution < 1.29 is 19.1 Å². The molecule has 0 N–H and O–H groups in total. The number of amides is 2. The van der Waals surface area contributed by atoms with Crippen LogP contribution in [-0.4, -0.2) is 29.3 Å². The number of rotatable bonds is 5. The summed E-state index contributed by atoms with van der Waals surface area (Å²) in [4.78, 5) is 38.3. The summed E-state index contributed by atoms with van der Waals surface area (Å²) in [5.74, 6) is -2.17. The summed E-state index contributed by atoms with van der Waals surface area (Å²) in [5.41, 5.74) is 2.49. The maximum atomic E-state index is 12.4. The zero-order valence-corrected chi connectivity index (χ0v) is 12.4. The number of thiophene rings is 1. The van der Waals surface area contributed by atoms with E-state index in [2.05, 4.69) is 12.3 Å². The van der Waals surface area contributed by atoms with Gasteiger partial charge in [0.25, 0.3) is 0 Å². The number of carbonyl (C=O) groups excluding carboxylic acids is 3. The van der Waals surface area contributed by atoms with Crippen molar-refractivity contribution in [1.82, 2.24) is 4.90 Å². The van der Waals surface area contributed by atoms with Crippen molar-refractivity contribution in [1.29, 1.82) is 0 Å². The van der Waals surface area contributed by atoms with E-state index in [1.54, 1.807) is 6.92 Å². The molecule has 0 unspecified atom stereocenters. The summed E-state index contributed by atoms with van der Waals surface area (Å²) >= 11 is 1.47. The van der Waals surface area contributed by atoms with Gasteiger partial charge in [0.1, 0.15) is 0 Å². The molecule has 1 aliphatic rings. The molecular formula is C15H15NO4S. The van der Waals surface area contributed by atoms with Crippen molar-refractivity contribution in [2.45, 2.75) is 19.9 Å². The normalized spacial score (nSPS) is 17.8. The highest BCUT2D eigenvalue weighted by atomic mass is 32.1. The lowest BCUT2D eigenvalue weighted by Crippen LogP contribution is -2.31. The molecule has 1 aliphatic heterocycles. The third-order valence-electron chi connectivity index (χ3n) is 3.17. The average Bonchev–Trinajstić information content (AvgIpc) is 3.05. The van der Waals surface area contributed by atoms with Gasteiger partial charge in [0, 0.05) is 11.3 Å². The van der Waals surface area contributed by atoms with Crippen molar-refractivity contribution >= 4 is 29.1 Å². The molecule has 2 heterocycles. The van der Waals surface area contributed by atoms with Gasteiger partial charge in [-0.3, -0.25) is 14.5 Å². The second kappa shape index (κ2) is 6.52. The second-order valence-corrected chi connectivity index (χ2v) is 5.50. The third-order valence-corrected chi connectivity index (χ3v) is 4.03. The van der Waals surface area contributed by atoms with Crippen LogP contribution in [0.25, 0.3) is 0 Å². The van der Waals surface area contributed by atoms with E-state index < -0.39 is 17.8 Å². The summed E-state index contributed by atoms with van der Waals surface area (Å²) in [6.45, 7) is 5.52. The van der Waals surface area contributed by atoms with Crippen molar-refractivity contribution in [2.24, 2.45) is 5.92 Å². The average molecular weight is 305 g/mol. The highest BCUT2D eigenvalue weighted by molar-refractivity contribution is 7.09. The summed E-state index contributed by atoms with van der Waals surface area (Å²) in [6.07, 6.45) is -0.0408. The van der Waals surface area contributed by atoms with E-state index in [9.17, 15) is 14.4 Å². The highest BCUT2D eigenvalue weighted by Gasteiger charge is 2.42. The number of esters is 1. The van der Waals surface area contributed by atoms with Crippen molar-refractivity contribution in [3.63, 3.8) is 0 Å². The maximum absolute atomic E-state index is 12.4. The molecule has 21 heavy (non-hydrogen) atoms. The van der Waals surface area contributed by atoms with Gasteiger partial charge in [0.05, 0.1) is 24.6 Å². The van der Waals surface area contributed by atoms with Crippen LogP contribution in [0.5, 0.6) is 0 Å². The second-order valence-electron chi connectivity index (χ2n) is 4.47. The predicted octanol–water partition coefficient (Wildman–Crippen LogP) is 1.90. The van der Waals surface area contributed by atoms with Gasteiger partial charge in [-0.2, -0.15) is 0 Å². The van der Waals surface area contributed by atoms with Crippen LogP contribution in [0.15, 0.2) is 35.4 Å². The van der Waals surface area contributed by atoms with Crippen LogP contribution in [0.3, 0.4) is 0 Å². The Hall–Kier alpha value is -2.17. The number of hydrogen-bond acceptors (Lipinski definition) is 5. The number of ether oxygens (including phenoxy) is 1. The van der Waals surface area contributed by atoms with E-state index in [0.717, 1.165) is 4.88 Å². The fourth-order valence-corrected chi connectivity index (χ4v) is 2.87. The van der Waals surface area contributed by atoms with Crippen LogP contribution in [0.4, 0.5) is 0 Å². The smallest absolute Gasteiger partial charge is 0.342 e. The molecule has 0 saturated carbocycles. The van der Waals surface area contributed by atoms with Crippen LogP contribution in [0, 0.1) is 5.92 Å². The minimum atomic E-state index is -0.839. The van der Waals surface area contributed by atoms with Gasteiger partial charge < -0.3 is 4.74 Å². The first-order valence-electron chi connectivity index (χ1n) is 6.52. The van der Waals surface area contributed by atoms with Gasteiger partial charge >= 0.3 is 5.97 Å². The van der Waals surface area contributed by atoms with Gasteiger partial charge in [0.2, 0.25) is 11.8 Å². The third kappa shape index (κ3) is 3.12. The molecule has 5 nitrogen and oxygen atoms in total. The van der Waals surface area contributed by atoms with Gasteiger partial charge in [-0.25, -0.2) is 4.79 Å². The molecule has 0 bridgehead atoms. The molecule has 0 spiro atoms. The van der Waals surface area contributed by atoms with Crippen molar-refractivity contribution in [3.8, 4) is 0 Å². The largest absolute Gasteiger partial charge is 0.462 e. The quantitative estimate of drug-likeness (QED) is 0.361. The number of carbonyl (C=O) groups is 3. The number of imide groups is 1. The van der Waals surface area contributed by atoms with Gasteiger partial charge in [-0.15, -0.1) is 17.1 Å². The Labute approximate surface area is 126 Å². The minimum Gasteiger partial charge on any atom is -0.462 e. The van der Waals surface area contributed by atoms with E-state index in [1.807, 2.05) is 17.5 Å². The van der Waals surface area contributed by atoms with Crippen LogP contribution in [0.1, 0.15) is 18.2 Å². The van der Waals surface area contributed by atoms with E-state index in [0.29, 0.717) is 0 Å². The van der Waals surface area contributed by atoms with Crippen LogP contribution in [0.2, 0.25) is 0 Å². The van der Waals surface area contributed by atoms with Crippen molar-refractivity contribution in [3.05, 3.63) is 40.3 Å². The SMILES string of the molecule is C=C=C(C(=O)OCC)[C@H]1CC(=O)N(Cc2cccs2)C1=O. The lowest BCUT2D eigenvalue weighted by molar-refractivity contribution is -0.143. The maximum Gasteiger partial charge on any atom is 0.342 e. The standard InChI is InChI=1S/C15H15NO4S/c1-3-11(15(19)20-4-2)12-8-13(17)16(14(12)18)9-10-6-5-7-21-10/h5-7,12H,1,4,8-9H2,2H3/t12-/m1/s1. The molecular weight excluding hydrogens is 290 g/mol. The summed E-state index contributed by atoms with van der Waals surface area (Å²) in [7, 11) is 0. The molecule has 0 aromatic carbocycles. The zero-order chi connectivity index (χ0) is 15.4. The fourth-order valence-electron chi connectivity index (χ4n) is 2.18. The van der Waals surface area contributed by atoms with E-state index >= 15 is 0 Å². The summed E-state index contributed by atoms with van der Waals surface area (Å²) < 4.78 is 4.87. The molecule has 1 atom stereocenters. The highest BCUT2D eigenvalue weighted by Crippen LogP contribution is 2.28. The molecule has 1 saturated heterocycles. The van der Waals surface area contributed by atoms with Crippen LogP contribution >= 0.6 is 11.3 Å². The van der Waals surface area contributed by atoms with Gasteiger partial charge in [0.15, 0.2) is 0 Å². The molecule has 1 aromatic heterocycles. The molecule has 0 aliphatic carbocycles.